The molecule has 4 unspecified atom stereocenters. The molecule has 0 radical (unpaired) electrons. The van der Waals surface area contributed by atoms with Crippen molar-refractivity contribution in [1.29, 1.82) is 0 Å². The van der Waals surface area contributed by atoms with E-state index in [1.54, 1.807) is 6.92 Å². The molecule has 6 N–H and O–H groups in total. The zero-order valence-electron chi connectivity index (χ0n) is 13.7. The first-order chi connectivity index (χ1) is 11.7. The van der Waals surface area contributed by atoms with Gasteiger partial charge in [0.1, 0.15) is 24.4 Å². The normalized spacial score (nSPS) is 15.9. The summed E-state index contributed by atoms with van der Waals surface area (Å²) < 4.78 is 0. The molecule has 140 valence electrons. The molecule has 1 rings (SSSR count). The number of hydrogen-bond donors (Lipinski definition) is 6. The summed E-state index contributed by atoms with van der Waals surface area (Å²) in [5.41, 5.74) is -0.272. The van der Waals surface area contributed by atoms with Crippen LogP contribution in [0.5, 0.6) is 0 Å². The predicted octanol–water partition coefficient (Wildman–Crippen LogP) is -1.72. The molecule has 0 bridgehead atoms. The maximum Gasteiger partial charge on any atom is 0.336 e. The summed E-state index contributed by atoms with van der Waals surface area (Å²) in [6.07, 6.45) is -6.88. The topological polar surface area (TPSA) is 159 Å². The highest BCUT2D eigenvalue weighted by Crippen LogP contribution is 2.14. The van der Waals surface area contributed by atoms with E-state index in [4.69, 9.17) is 10.2 Å². The molecule has 1 aromatic rings. The van der Waals surface area contributed by atoms with Crippen molar-refractivity contribution in [2.45, 2.75) is 31.3 Å². The second-order valence-electron chi connectivity index (χ2n) is 5.49. The van der Waals surface area contributed by atoms with Crippen molar-refractivity contribution in [2.24, 2.45) is 0 Å². The number of aliphatic hydroxyl groups excluding tert-OH is 5. The van der Waals surface area contributed by atoms with Crippen LogP contribution >= 0.6 is 0 Å². The van der Waals surface area contributed by atoms with E-state index in [0.29, 0.717) is 0 Å². The van der Waals surface area contributed by atoms with Crippen LogP contribution in [0.25, 0.3) is 0 Å². The maximum absolute atomic E-state index is 12.5. The minimum absolute atomic E-state index is 0.0746. The fraction of sp³-hybridized carbons (Fsp3) is 0.500. The largest absolute Gasteiger partial charge is 0.478 e. The number of carboxylic acid groups (broad SMARTS) is 1. The van der Waals surface area contributed by atoms with Gasteiger partial charge in [-0.15, -0.1) is 0 Å². The van der Waals surface area contributed by atoms with E-state index < -0.39 is 49.4 Å². The van der Waals surface area contributed by atoms with E-state index in [9.17, 15) is 30.0 Å². The molecule has 9 nitrogen and oxygen atoms in total. The first kappa shape index (κ1) is 21.0. The Kier molecular flexibility index (Phi) is 7.94. The molecule has 0 spiro atoms. The first-order valence-corrected chi connectivity index (χ1v) is 7.69. The van der Waals surface area contributed by atoms with Gasteiger partial charge in [0.25, 0.3) is 5.91 Å². The average molecular weight is 357 g/mol. The predicted molar refractivity (Wildman–Crippen MR) is 86.1 cm³/mol. The number of carbonyl (C=O) groups excluding carboxylic acids is 1. The molecule has 25 heavy (non-hydrogen) atoms. The van der Waals surface area contributed by atoms with E-state index in [0.717, 1.165) is 4.90 Å². The van der Waals surface area contributed by atoms with E-state index in [1.165, 1.54) is 24.3 Å². The fourth-order valence-electron chi connectivity index (χ4n) is 2.28. The van der Waals surface area contributed by atoms with Crippen LogP contribution in [0.2, 0.25) is 0 Å². The van der Waals surface area contributed by atoms with Crippen molar-refractivity contribution >= 4 is 11.9 Å². The van der Waals surface area contributed by atoms with Crippen molar-refractivity contribution in [2.75, 3.05) is 19.7 Å². The van der Waals surface area contributed by atoms with Gasteiger partial charge >= 0.3 is 5.97 Å². The molecule has 0 saturated heterocycles. The highest BCUT2D eigenvalue weighted by atomic mass is 16.4. The smallest absolute Gasteiger partial charge is 0.336 e. The Balaban J connectivity index is 2.92. The number of aromatic carboxylic acids is 1. The van der Waals surface area contributed by atoms with Crippen LogP contribution in [0.4, 0.5) is 0 Å². The van der Waals surface area contributed by atoms with E-state index >= 15 is 0 Å². The van der Waals surface area contributed by atoms with Gasteiger partial charge in [-0.3, -0.25) is 4.79 Å². The third kappa shape index (κ3) is 5.21. The number of amides is 1. The molecule has 1 amide bonds. The second-order valence-corrected chi connectivity index (χ2v) is 5.49. The zero-order valence-corrected chi connectivity index (χ0v) is 13.7. The van der Waals surface area contributed by atoms with Gasteiger partial charge in [-0.2, -0.15) is 0 Å². The summed E-state index contributed by atoms with van der Waals surface area (Å²) in [7, 11) is 0. The van der Waals surface area contributed by atoms with Crippen molar-refractivity contribution < 1.29 is 40.2 Å². The van der Waals surface area contributed by atoms with E-state index in [-0.39, 0.29) is 17.7 Å². The molecule has 0 aliphatic carbocycles. The summed E-state index contributed by atoms with van der Waals surface area (Å²) in [6, 6.07) is 5.58. The molecule has 4 atom stereocenters. The van der Waals surface area contributed by atoms with Crippen LogP contribution in [0.15, 0.2) is 24.3 Å². The average Bonchev–Trinajstić information content (AvgIpc) is 2.63. The summed E-state index contributed by atoms with van der Waals surface area (Å²) in [5, 5.41) is 56.7. The van der Waals surface area contributed by atoms with Crippen LogP contribution in [0, 0.1) is 0 Å². The molecular weight excluding hydrogens is 334 g/mol. The van der Waals surface area contributed by atoms with Crippen LogP contribution < -0.4 is 0 Å². The summed E-state index contributed by atoms with van der Waals surface area (Å²) in [5.74, 6) is -1.94. The molecular formula is C16H23NO8. The Morgan fingerprint density at radius 1 is 1.00 bits per heavy atom. The van der Waals surface area contributed by atoms with Crippen LogP contribution in [0.1, 0.15) is 27.6 Å². The molecule has 0 aliphatic heterocycles. The van der Waals surface area contributed by atoms with E-state index in [2.05, 4.69) is 0 Å². The van der Waals surface area contributed by atoms with Gasteiger partial charge < -0.3 is 35.5 Å². The van der Waals surface area contributed by atoms with Gasteiger partial charge in [0.2, 0.25) is 0 Å². The van der Waals surface area contributed by atoms with Gasteiger partial charge in [0, 0.05) is 13.1 Å². The highest BCUT2D eigenvalue weighted by Gasteiger charge is 2.32. The van der Waals surface area contributed by atoms with Crippen molar-refractivity contribution in [3.05, 3.63) is 35.4 Å². The number of rotatable bonds is 9. The number of benzene rings is 1. The summed E-state index contributed by atoms with van der Waals surface area (Å²) in [4.78, 5) is 24.9. The third-order valence-electron chi connectivity index (χ3n) is 3.79. The Hall–Kier alpha value is -2.04. The maximum atomic E-state index is 12.5. The first-order valence-electron chi connectivity index (χ1n) is 7.69. The SMILES string of the molecule is CCN(CC(O)C(O)C(O)C(O)CO)C(=O)c1ccccc1C(=O)O. The third-order valence-corrected chi connectivity index (χ3v) is 3.79. The number of likely N-dealkylation sites (N-methyl/N-ethyl adjacent to an activating group) is 1. The highest BCUT2D eigenvalue weighted by molar-refractivity contribution is 6.04. The van der Waals surface area contributed by atoms with Crippen molar-refractivity contribution in [3.8, 4) is 0 Å². The Labute approximate surface area is 144 Å². The lowest BCUT2D eigenvalue weighted by Crippen LogP contribution is -2.50. The molecule has 0 heterocycles. The monoisotopic (exact) mass is 357 g/mol. The van der Waals surface area contributed by atoms with Crippen LogP contribution in [0.3, 0.4) is 0 Å². The Morgan fingerprint density at radius 2 is 1.52 bits per heavy atom. The van der Waals surface area contributed by atoms with Crippen molar-refractivity contribution in [3.63, 3.8) is 0 Å². The van der Waals surface area contributed by atoms with Gasteiger partial charge in [0.15, 0.2) is 0 Å². The lowest BCUT2D eigenvalue weighted by molar-refractivity contribution is -0.117. The number of nitrogens with zero attached hydrogens (tertiary/aromatic N) is 1. The van der Waals surface area contributed by atoms with Crippen LogP contribution in [-0.2, 0) is 0 Å². The number of aliphatic hydroxyl groups is 5. The lowest BCUT2D eigenvalue weighted by atomic mass is 10.0. The Morgan fingerprint density at radius 3 is 2.00 bits per heavy atom. The molecule has 0 saturated carbocycles. The van der Waals surface area contributed by atoms with E-state index in [1.807, 2.05) is 0 Å². The quantitative estimate of drug-likeness (QED) is 0.304. The molecule has 0 aromatic heterocycles. The minimum atomic E-state index is -1.81. The van der Waals surface area contributed by atoms with Gasteiger partial charge in [-0.25, -0.2) is 4.79 Å². The standard InChI is InChI=1S/C16H23NO8/c1-2-17(7-11(19)13(21)14(22)12(20)8-18)15(23)9-5-3-4-6-10(9)16(24)25/h3-6,11-14,18-22H,2,7-8H2,1H3,(H,24,25). The fourth-order valence-corrected chi connectivity index (χ4v) is 2.28. The molecule has 0 aliphatic rings. The minimum Gasteiger partial charge on any atom is -0.478 e. The number of carboxylic acids is 1. The summed E-state index contributed by atoms with van der Waals surface area (Å²) in [6.45, 7) is 0.488. The van der Waals surface area contributed by atoms with Gasteiger partial charge in [0.05, 0.1) is 17.7 Å². The Bertz CT molecular complexity index is 593. The lowest BCUT2D eigenvalue weighted by Gasteiger charge is -2.30. The molecule has 0 fully saturated rings. The number of hydrogen-bond acceptors (Lipinski definition) is 7. The van der Waals surface area contributed by atoms with Gasteiger partial charge in [-0.05, 0) is 19.1 Å². The number of carbonyl (C=O) groups is 2. The van der Waals surface area contributed by atoms with Crippen molar-refractivity contribution in [1.82, 2.24) is 4.90 Å². The second kappa shape index (κ2) is 9.44. The zero-order chi connectivity index (χ0) is 19.1. The molecule has 9 heteroatoms. The summed E-state index contributed by atoms with van der Waals surface area (Å²) >= 11 is 0. The van der Waals surface area contributed by atoms with Crippen LogP contribution in [-0.4, -0.2) is 91.5 Å². The van der Waals surface area contributed by atoms with Gasteiger partial charge in [-0.1, -0.05) is 12.1 Å². The molecule has 1 aromatic carbocycles.